The van der Waals surface area contributed by atoms with E-state index >= 15 is 0 Å². The average molecular weight is 304 g/mol. The van der Waals surface area contributed by atoms with Crippen LogP contribution in [-0.2, 0) is 6.42 Å². The molecule has 0 spiro atoms. The van der Waals surface area contributed by atoms with Gasteiger partial charge in [-0.1, -0.05) is 25.5 Å². The van der Waals surface area contributed by atoms with E-state index < -0.39 is 11.7 Å². The van der Waals surface area contributed by atoms with Crippen LogP contribution >= 0.6 is 0 Å². The maximum atomic E-state index is 13.8. The summed E-state index contributed by atoms with van der Waals surface area (Å²) in [7, 11) is 0. The zero-order chi connectivity index (χ0) is 15.9. The Bertz CT molecular complexity index is 644. The van der Waals surface area contributed by atoms with Crippen molar-refractivity contribution in [1.82, 2.24) is 10.5 Å². The van der Waals surface area contributed by atoms with E-state index in [1.807, 2.05) is 12.1 Å². The SMILES string of the molecule is CCCCc1ccc(Oc2ncc(C(=O)NO)cc2F)cc1. The smallest absolute Gasteiger partial charge is 0.276 e. The number of aryl methyl sites for hydroxylation is 1. The second kappa shape index (κ2) is 7.51. The van der Waals surface area contributed by atoms with E-state index in [9.17, 15) is 9.18 Å². The molecule has 0 bridgehead atoms. The van der Waals surface area contributed by atoms with Crippen LogP contribution in [0.3, 0.4) is 0 Å². The van der Waals surface area contributed by atoms with Crippen LogP contribution in [0.4, 0.5) is 4.39 Å². The fourth-order valence-electron chi connectivity index (χ4n) is 1.91. The van der Waals surface area contributed by atoms with Gasteiger partial charge in [0, 0.05) is 6.20 Å². The number of benzene rings is 1. The van der Waals surface area contributed by atoms with Gasteiger partial charge in [0.25, 0.3) is 11.8 Å². The molecule has 0 unspecified atom stereocenters. The quantitative estimate of drug-likeness (QED) is 0.633. The maximum absolute atomic E-state index is 13.8. The van der Waals surface area contributed by atoms with Crippen LogP contribution in [0.5, 0.6) is 11.6 Å². The Kier molecular flexibility index (Phi) is 5.43. The van der Waals surface area contributed by atoms with Gasteiger partial charge in [-0.15, -0.1) is 0 Å². The molecule has 0 fully saturated rings. The Hall–Kier alpha value is -2.47. The number of ether oxygens (including phenoxy) is 1. The minimum Gasteiger partial charge on any atom is -0.436 e. The first kappa shape index (κ1) is 15.9. The van der Waals surface area contributed by atoms with Crippen LogP contribution in [0.15, 0.2) is 36.5 Å². The third-order valence-corrected chi connectivity index (χ3v) is 3.13. The second-order valence-corrected chi connectivity index (χ2v) is 4.80. The molecule has 0 saturated heterocycles. The number of rotatable bonds is 6. The summed E-state index contributed by atoms with van der Waals surface area (Å²) in [5.41, 5.74) is 2.51. The summed E-state index contributed by atoms with van der Waals surface area (Å²) >= 11 is 0. The van der Waals surface area contributed by atoms with Crippen molar-refractivity contribution in [3.63, 3.8) is 0 Å². The number of hydroxylamine groups is 1. The highest BCUT2D eigenvalue weighted by Gasteiger charge is 2.12. The molecule has 1 heterocycles. The monoisotopic (exact) mass is 304 g/mol. The average Bonchev–Trinajstić information content (AvgIpc) is 2.55. The first-order valence-electron chi connectivity index (χ1n) is 7.00. The van der Waals surface area contributed by atoms with E-state index in [-0.39, 0.29) is 11.4 Å². The van der Waals surface area contributed by atoms with Crippen molar-refractivity contribution in [1.29, 1.82) is 0 Å². The Morgan fingerprint density at radius 3 is 2.68 bits per heavy atom. The van der Waals surface area contributed by atoms with Gasteiger partial charge in [0.2, 0.25) is 0 Å². The number of nitrogens with one attached hydrogen (secondary N) is 1. The molecule has 5 nitrogen and oxygen atoms in total. The Balaban J connectivity index is 2.08. The third-order valence-electron chi connectivity index (χ3n) is 3.13. The summed E-state index contributed by atoms with van der Waals surface area (Å²) in [6, 6.07) is 8.30. The summed E-state index contributed by atoms with van der Waals surface area (Å²) < 4.78 is 19.2. The lowest BCUT2D eigenvalue weighted by atomic mass is 10.1. The zero-order valence-corrected chi connectivity index (χ0v) is 12.2. The van der Waals surface area contributed by atoms with Gasteiger partial charge < -0.3 is 4.74 Å². The van der Waals surface area contributed by atoms with Gasteiger partial charge >= 0.3 is 0 Å². The summed E-state index contributed by atoms with van der Waals surface area (Å²) in [4.78, 5) is 14.9. The minimum atomic E-state index is -0.835. The molecule has 1 aromatic carbocycles. The second-order valence-electron chi connectivity index (χ2n) is 4.80. The topological polar surface area (TPSA) is 71.5 Å². The van der Waals surface area contributed by atoms with Crippen molar-refractivity contribution in [2.75, 3.05) is 0 Å². The van der Waals surface area contributed by atoms with Crippen molar-refractivity contribution < 1.29 is 19.1 Å². The van der Waals surface area contributed by atoms with E-state index in [1.165, 1.54) is 11.0 Å². The molecular weight excluding hydrogens is 287 g/mol. The highest BCUT2D eigenvalue weighted by Crippen LogP contribution is 2.23. The van der Waals surface area contributed by atoms with Crippen molar-refractivity contribution in [3.05, 3.63) is 53.5 Å². The number of carbonyl (C=O) groups is 1. The van der Waals surface area contributed by atoms with E-state index in [0.29, 0.717) is 5.75 Å². The van der Waals surface area contributed by atoms with Crippen LogP contribution in [-0.4, -0.2) is 16.1 Å². The van der Waals surface area contributed by atoms with Gasteiger partial charge in [0.15, 0.2) is 5.82 Å². The highest BCUT2D eigenvalue weighted by molar-refractivity contribution is 5.93. The summed E-state index contributed by atoms with van der Waals surface area (Å²) in [6.45, 7) is 2.13. The molecule has 2 aromatic rings. The molecular formula is C16H17FN2O3. The fraction of sp³-hybridized carbons (Fsp3) is 0.250. The number of nitrogens with zero attached hydrogens (tertiary/aromatic N) is 1. The van der Waals surface area contributed by atoms with Crippen LogP contribution < -0.4 is 10.2 Å². The van der Waals surface area contributed by atoms with Crippen LogP contribution in [0.1, 0.15) is 35.7 Å². The van der Waals surface area contributed by atoms with Crippen molar-refractivity contribution in [3.8, 4) is 11.6 Å². The molecule has 1 amide bonds. The standard InChI is InChI=1S/C16H17FN2O3/c1-2-3-4-11-5-7-13(8-6-11)22-16-14(17)9-12(10-18-16)15(20)19-21/h5-10,21H,2-4H2,1H3,(H,19,20). The van der Waals surface area contributed by atoms with Gasteiger partial charge in [-0.25, -0.2) is 14.9 Å². The number of hydrogen-bond acceptors (Lipinski definition) is 4. The lowest BCUT2D eigenvalue weighted by molar-refractivity contribution is 0.0705. The number of carbonyl (C=O) groups excluding carboxylic acids is 1. The molecule has 0 radical (unpaired) electrons. The first-order chi connectivity index (χ1) is 10.6. The molecule has 0 aliphatic carbocycles. The predicted octanol–water partition coefficient (Wildman–Crippen LogP) is 3.47. The van der Waals surface area contributed by atoms with E-state index in [0.717, 1.165) is 31.5 Å². The maximum Gasteiger partial charge on any atom is 0.276 e. The Morgan fingerprint density at radius 1 is 1.36 bits per heavy atom. The number of amides is 1. The molecule has 1 aromatic heterocycles. The predicted molar refractivity (Wildman–Crippen MR) is 78.6 cm³/mol. The van der Waals surface area contributed by atoms with E-state index in [1.54, 1.807) is 12.1 Å². The molecule has 0 aliphatic rings. The van der Waals surface area contributed by atoms with Crippen LogP contribution in [0, 0.1) is 5.82 Å². The number of halogens is 1. The van der Waals surface area contributed by atoms with Gasteiger partial charge in [-0.2, -0.15) is 0 Å². The largest absolute Gasteiger partial charge is 0.436 e. The molecule has 0 atom stereocenters. The highest BCUT2D eigenvalue weighted by atomic mass is 19.1. The lowest BCUT2D eigenvalue weighted by Gasteiger charge is -2.07. The van der Waals surface area contributed by atoms with E-state index in [2.05, 4.69) is 11.9 Å². The van der Waals surface area contributed by atoms with Gasteiger partial charge in [0.05, 0.1) is 5.56 Å². The molecule has 2 rings (SSSR count). The fourth-order valence-corrected chi connectivity index (χ4v) is 1.91. The van der Waals surface area contributed by atoms with Crippen molar-refractivity contribution in [2.24, 2.45) is 0 Å². The van der Waals surface area contributed by atoms with Crippen molar-refractivity contribution >= 4 is 5.91 Å². The number of unbranched alkanes of at least 4 members (excludes halogenated alkanes) is 1. The number of hydrogen-bond donors (Lipinski definition) is 2. The summed E-state index contributed by atoms with van der Waals surface area (Å²) in [5.74, 6) is -1.38. The van der Waals surface area contributed by atoms with Crippen LogP contribution in [0.2, 0.25) is 0 Å². The summed E-state index contributed by atoms with van der Waals surface area (Å²) in [6.07, 6.45) is 4.36. The number of aromatic nitrogens is 1. The van der Waals surface area contributed by atoms with Crippen LogP contribution in [0.25, 0.3) is 0 Å². The summed E-state index contributed by atoms with van der Waals surface area (Å²) in [5, 5.41) is 8.49. The molecule has 116 valence electrons. The third kappa shape index (κ3) is 4.02. The Labute approximate surface area is 127 Å². The normalized spacial score (nSPS) is 10.3. The minimum absolute atomic E-state index is 0.0951. The first-order valence-corrected chi connectivity index (χ1v) is 7.00. The van der Waals surface area contributed by atoms with Gasteiger partial charge in [-0.3, -0.25) is 10.0 Å². The van der Waals surface area contributed by atoms with E-state index in [4.69, 9.17) is 9.94 Å². The lowest BCUT2D eigenvalue weighted by Crippen LogP contribution is -2.19. The molecule has 6 heteroatoms. The number of pyridine rings is 1. The zero-order valence-electron chi connectivity index (χ0n) is 12.2. The molecule has 22 heavy (non-hydrogen) atoms. The Morgan fingerprint density at radius 2 is 2.09 bits per heavy atom. The van der Waals surface area contributed by atoms with Crippen molar-refractivity contribution in [2.45, 2.75) is 26.2 Å². The molecule has 0 aliphatic heterocycles. The molecule has 0 saturated carbocycles. The van der Waals surface area contributed by atoms with Gasteiger partial charge in [-0.05, 0) is 36.6 Å². The molecule has 2 N–H and O–H groups in total. The van der Waals surface area contributed by atoms with Gasteiger partial charge in [0.1, 0.15) is 5.75 Å².